The third-order valence-corrected chi connectivity index (χ3v) is 1.88. The van der Waals surface area contributed by atoms with Crippen molar-refractivity contribution in [3.05, 3.63) is 17.2 Å². The van der Waals surface area contributed by atoms with Crippen molar-refractivity contribution in [1.82, 2.24) is 9.97 Å². The molecule has 0 bridgehead atoms. The molecule has 1 heterocycles. The van der Waals surface area contributed by atoms with Gasteiger partial charge in [0.25, 0.3) is 0 Å². The Kier molecular flexibility index (Phi) is 3.07. The highest BCUT2D eigenvalue weighted by Crippen LogP contribution is 2.09. The van der Waals surface area contributed by atoms with Crippen molar-refractivity contribution in [1.29, 1.82) is 5.26 Å². The Labute approximate surface area is 78.8 Å². The van der Waals surface area contributed by atoms with Gasteiger partial charge in [-0.2, -0.15) is 5.26 Å². The summed E-state index contributed by atoms with van der Waals surface area (Å²) in [7, 11) is 0. The molecule has 1 aromatic heterocycles. The second-order valence-electron chi connectivity index (χ2n) is 3.69. The predicted molar refractivity (Wildman–Crippen MR) is 51.2 cm³/mol. The van der Waals surface area contributed by atoms with Gasteiger partial charge in [-0.1, -0.05) is 13.8 Å². The molecule has 0 saturated carbocycles. The minimum absolute atomic E-state index is 0.403. The van der Waals surface area contributed by atoms with Crippen molar-refractivity contribution in [2.75, 3.05) is 0 Å². The summed E-state index contributed by atoms with van der Waals surface area (Å²) in [4.78, 5) is 7.56. The Morgan fingerprint density at radius 3 is 2.77 bits per heavy atom. The Morgan fingerprint density at radius 2 is 2.23 bits per heavy atom. The van der Waals surface area contributed by atoms with Gasteiger partial charge in [-0.05, 0) is 12.8 Å². The molecule has 3 nitrogen and oxygen atoms in total. The Balaban J connectivity index is 2.77. The average molecular weight is 177 g/mol. The van der Waals surface area contributed by atoms with Gasteiger partial charge < -0.3 is 4.98 Å². The van der Waals surface area contributed by atoms with Crippen LogP contribution in [-0.4, -0.2) is 9.97 Å². The Hall–Kier alpha value is -1.30. The average Bonchev–Trinajstić information content (AvgIpc) is 2.31. The first kappa shape index (κ1) is 9.79. The van der Waals surface area contributed by atoms with Crippen LogP contribution >= 0.6 is 0 Å². The number of imidazole rings is 1. The van der Waals surface area contributed by atoms with Gasteiger partial charge in [0.15, 0.2) is 0 Å². The number of nitrogens with zero attached hydrogens (tertiary/aromatic N) is 2. The van der Waals surface area contributed by atoms with Crippen LogP contribution in [0.1, 0.15) is 31.1 Å². The van der Waals surface area contributed by atoms with Gasteiger partial charge in [0.2, 0.25) is 0 Å². The lowest BCUT2D eigenvalue weighted by molar-refractivity contribution is 0.624. The highest BCUT2D eigenvalue weighted by Gasteiger charge is 2.06. The molecule has 0 amide bonds. The fourth-order valence-corrected chi connectivity index (χ4v) is 1.29. The van der Waals surface area contributed by atoms with Crippen LogP contribution in [-0.2, 0) is 12.8 Å². The highest BCUT2D eigenvalue weighted by molar-refractivity contribution is 5.16. The van der Waals surface area contributed by atoms with Gasteiger partial charge in [-0.15, -0.1) is 0 Å². The number of nitriles is 1. The number of hydrogen-bond donors (Lipinski definition) is 1. The first-order valence-corrected chi connectivity index (χ1v) is 4.54. The number of aromatic nitrogens is 2. The second kappa shape index (κ2) is 4.08. The van der Waals surface area contributed by atoms with Gasteiger partial charge in [-0.3, -0.25) is 0 Å². The molecule has 0 radical (unpaired) electrons. The molecule has 0 aliphatic heterocycles. The molecule has 13 heavy (non-hydrogen) atoms. The molecule has 0 unspecified atom stereocenters. The summed E-state index contributed by atoms with van der Waals surface area (Å²) in [6.45, 7) is 6.27. The van der Waals surface area contributed by atoms with Crippen LogP contribution in [0, 0.1) is 24.2 Å². The van der Waals surface area contributed by atoms with Gasteiger partial charge in [0, 0.05) is 12.1 Å². The van der Waals surface area contributed by atoms with E-state index in [2.05, 4.69) is 29.9 Å². The van der Waals surface area contributed by atoms with E-state index in [0.29, 0.717) is 12.3 Å². The number of nitrogens with one attached hydrogen (secondary N) is 1. The van der Waals surface area contributed by atoms with Crippen molar-refractivity contribution in [2.45, 2.75) is 33.6 Å². The normalized spacial score (nSPS) is 10.4. The summed E-state index contributed by atoms with van der Waals surface area (Å²) in [5, 5.41) is 8.53. The summed E-state index contributed by atoms with van der Waals surface area (Å²) in [5.74, 6) is 1.60. The molecule has 1 rings (SSSR count). The molecular weight excluding hydrogens is 162 g/mol. The number of aryl methyl sites for hydroxylation is 1. The molecule has 0 aliphatic carbocycles. The molecule has 0 aromatic carbocycles. The fraction of sp³-hybridized carbons (Fsp3) is 0.600. The largest absolute Gasteiger partial charge is 0.346 e. The number of H-pyrrole nitrogens is 1. The number of rotatable bonds is 3. The molecular formula is C10H15N3. The summed E-state index contributed by atoms with van der Waals surface area (Å²) in [5.41, 5.74) is 1.91. The van der Waals surface area contributed by atoms with Gasteiger partial charge in [0.05, 0.1) is 18.2 Å². The maximum absolute atomic E-state index is 8.53. The van der Waals surface area contributed by atoms with Crippen LogP contribution in [0.4, 0.5) is 0 Å². The maximum Gasteiger partial charge on any atom is 0.106 e. The van der Waals surface area contributed by atoms with Crippen molar-refractivity contribution in [3.63, 3.8) is 0 Å². The summed E-state index contributed by atoms with van der Waals surface area (Å²) >= 11 is 0. The van der Waals surface area contributed by atoms with Crippen LogP contribution in [0.25, 0.3) is 0 Å². The quantitative estimate of drug-likeness (QED) is 0.767. The predicted octanol–water partition coefficient (Wildman–Crippen LogP) is 1.98. The van der Waals surface area contributed by atoms with Crippen molar-refractivity contribution < 1.29 is 0 Å². The summed E-state index contributed by atoms with van der Waals surface area (Å²) in [6, 6.07) is 2.11. The lowest BCUT2D eigenvalue weighted by atomic mass is 10.1. The van der Waals surface area contributed by atoms with E-state index in [9.17, 15) is 0 Å². The first-order chi connectivity index (χ1) is 6.13. The van der Waals surface area contributed by atoms with Crippen LogP contribution < -0.4 is 0 Å². The van der Waals surface area contributed by atoms with E-state index < -0.39 is 0 Å². The Morgan fingerprint density at radius 1 is 1.54 bits per heavy atom. The standard InChI is InChI=1S/C10H15N3/c1-7(2)6-10-12-8(3)9(13-10)4-5-11/h7H,4,6H2,1-3H3,(H,12,13). The summed E-state index contributed by atoms with van der Waals surface area (Å²) < 4.78 is 0. The monoisotopic (exact) mass is 177 g/mol. The second-order valence-corrected chi connectivity index (χ2v) is 3.69. The van der Waals surface area contributed by atoms with E-state index in [1.165, 1.54) is 0 Å². The van der Waals surface area contributed by atoms with Crippen LogP contribution in [0.15, 0.2) is 0 Å². The molecule has 70 valence electrons. The van der Waals surface area contributed by atoms with Crippen molar-refractivity contribution in [3.8, 4) is 6.07 Å². The lowest BCUT2D eigenvalue weighted by Gasteiger charge is -1.98. The molecule has 0 spiro atoms. The zero-order valence-corrected chi connectivity index (χ0v) is 8.39. The zero-order chi connectivity index (χ0) is 9.84. The van der Waals surface area contributed by atoms with E-state index in [1.54, 1.807) is 0 Å². The van der Waals surface area contributed by atoms with Crippen LogP contribution in [0.5, 0.6) is 0 Å². The van der Waals surface area contributed by atoms with Crippen molar-refractivity contribution >= 4 is 0 Å². The molecule has 0 fully saturated rings. The maximum atomic E-state index is 8.53. The minimum atomic E-state index is 0.403. The van der Waals surface area contributed by atoms with Crippen LogP contribution in [0.2, 0.25) is 0 Å². The van der Waals surface area contributed by atoms with Crippen LogP contribution in [0.3, 0.4) is 0 Å². The third kappa shape index (κ3) is 2.59. The van der Waals surface area contributed by atoms with E-state index in [1.807, 2.05) is 6.92 Å². The SMILES string of the molecule is Cc1[nH]c(CC(C)C)nc1CC#N. The molecule has 1 aromatic rings. The minimum Gasteiger partial charge on any atom is -0.346 e. The third-order valence-electron chi connectivity index (χ3n) is 1.88. The molecule has 0 saturated heterocycles. The van der Waals surface area contributed by atoms with Crippen molar-refractivity contribution in [2.24, 2.45) is 5.92 Å². The van der Waals surface area contributed by atoms with E-state index >= 15 is 0 Å². The number of aromatic amines is 1. The molecule has 3 heteroatoms. The fourth-order valence-electron chi connectivity index (χ4n) is 1.29. The van der Waals surface area contributed by atoms with Gasteiger partial charge in [0.1, 0.15) is 5.82 Å². The zero-order valence-electron chi connectivity index (χ0n) is 8.39. The molecule has 0 aliphatic rings. The lowest BCUT2D eigenvalue weighted by Crippen LogP contribution is -1.96. The summed E-state index contributed by atoms with van der Waals surface area (Å²) in [6.07, 6.45) is 1.35. The van der Waals surface area contributed by atoms with Gasteiger partial charge in [-0.25, -0.2) is 4.98 Å². The van der Waals surface area contributed by atoms with E-state index in [0.717, 1.165) is 23.6 Å². The van der Waals surface area contributed by atoms with Gasteiger partial charge >= 0.3 is 0 Å². The first-order valence-electron chi connectivity index (χ1n) is 4.54. The van der Waals surface area contributed by atoms with E-state index in [-0.39, 0.29) is 0 Å². The topological polar surface area (TPSA) is 52.5 Å². The smallest absolute Gasteiger partial charge is 0.106 e. The highest BCUT2D eigenvalue weighted by atomic mass is 14.9. The number of hydrogen-bond acceptors (Lipinski definition) is 2. The molecule has 1 N–H and O–H groups in total. The Bertz CT molecular complexity index is 317. The van der Waals surface area contributed by atoms with E-state index in [4.69, 9.17) is 5.26 Å². The molecule has 0 atom stereocenters.